The van der Waals surface area contributed by atoms with Gasteiger partial charge in [-0.15, -0.1) is 0 Å². The topological polar surface area (TPSA) is 50.8 Å². The Bertz CT molecular complexity index is 1060. The Kier molecular flexibility index (Phi) is 6.42. The molecule has 1 amide bonds. The van der Waals surface area contributed by atoms with Gasteiger partial charge in [-0.3, -0.25) is 9.69 Å². The monoisotopic (exact) mass is 418 g/mol. The lowest BCUT2D eigenvalue weighted by atomic mass is 9.99. The molecular formula is C26H30N2O3. The van der Waals surface area contributed by atoms with Crippen LogP contribution in [0.25, 0.3) is 10.8 Å². The van der Waals surface area contributed by atoms with Crippen LogP contribution in [-0.2, 0) is 4.79 Å². The SMILES string of the molecule is COc1ccc(C2CCCN2CC(=O)NC(C)c2cccc3ccccc23)cc1OC. The first-order valence-corrected chi connectivity index (χ1v) is 10.8. The summed E-state index contributed by atoms with van der Waals surface area (Å²) in [5, 5.41) is 5.57. The molecule has 4 rings (SSSR count). The maximum absolute atomic E-state index is 12.9. The number of likely N-dealkylation sites (tertiary alicyclic amines) is 1. The number of nitrogens with zero attached hydrogens (tertiary/aromatic N) is 1. The summed E-state index contributed by atoms with van der Waals surface area (Å²) in [6, 6.07) is 20.7. The van der Waals surface area contributed by atoms with E-state index < -0.39 is 0 Å². The molecule has 1 fully saturated rings. The van der Waals surface area contributed by atoms with E-state index in [0.29, 0.717) is 6.54 Å². The third-order valence-corrected chi connectivity index (χ3v) is 6.17. The standard InChI is InChI=1S/C26H30N2O3/c1-18(21-11-6-9-19-8-4-5-10-22(19)21)27-26(29)17-28-15-7-12-23(28)20-13-14-24(30-2)25(16-20)31-3/h4-6,8-11,13-14,16,18,23H,7,12,15,17H2,1-3H3,(H,27,29). The summed E-state index contributed by atoms with van der Waals surface area (Å²) in [6.45, 7) is 3.35. The van der Waals surface area contributed by atoms with Crippen molar-refractivity contribution in [2.24, 2.45) is 0 Å². The molecule has 0 spiro atoms. The summed E-state index contributed by atoms with van der Waals surface area (Å²) in [6.07, 6.45) is 2.10. The van der Waals surface area contributed by atoms with Gasteiger partial charge < -0.3 is 14.8 Å². The van der Waals surface area contributed by atoms with Gasteiger partial charge in [0.2, 0.25) is 5.91 Å². The summed E-state index contributed by atoms with van der Waals surface area (Å²) >= 11 is 0. The lowest BCUT2D eigenvalue weighted by Gasteiger charge is -2.26. The zero-order valence-electron chi connectivity index (χ0n) is 18.4. The third kappa shape index (κ3) is 4.52. The van der Waals surface area contributed by atoms with Gasteiger partial charge in [0.1, 0.15) is 0 Å². The second-order valence-electron chi connectivity index (χ2n) is 8.10. The molecule has 1 aliphatic heterocycles. The zero-order valence-corrected chi connectivity index (χ0v) is 18.4. The minimum absolute atomic E-state index is 0.0489. The van der Waals surface area contributed by atoms with E-state index in [9.17, 15) is 4.79 Å². The Morgan fingerprint density at radius 2 is 1.84 bits per heavy atom. The highest BCUT2D eigenvalue weighted by Gasteiger charge is 2.28. The van der Waals surface area contributed by atoms with Gasteiger partial charge in [0.05, 0.1) is 26.8 Å². The molecule has 1 aliphatic rings. The predicted molar refractivity (Wildman–Crippen MR) is 124 cm³/mol. The van der Waals surface area contributed by atoms with Crippen LogP contribution in [0.2, 0.25) is 0 Å². The average Bonchev–Trinajstić information content (AvgIpc) is 3.25. The van der Waals surface area contributed by atoms with Crippen LogP contribution >= 0.6 is 0 Å². The van der Waals surface area contributed by atoms with Crippen LogP contribution in [0.1, 0.15) is 43.0 Å². The van der Waals surface area contributed by atoms with Gasteiger partial charge in [-0.05, 0) is 60.3 Å². The predicted octanol–water partition coefficient (Wildman–Crippen LogP) is 4.87. The van der Waals surface area contributed by atoms with E-state index in [1.807, 2.05) is 30.3 Å². The van der Waals surface area contributed by atoms with Gasteiger partial charge in [-0.1, -0.05) is 48.5 Å². The highest BCUT2D eigenvalue weighted by Crippen LogP contribution is 2.36. The highest BCUT2D eigenvalue weighted by molar-refractivity contribution is 5.87. The lowest BCUT2D eigenvalue weighted by Crippen LogP contribution is -2.38. The summed E-state index contributed by atoms with van der Waals surface area (Å²) in [5.41, 5.74) is 2.30. The number of amides is 1. The van der Waals surface area contributed by atoms with Crippen LogP contribution in [0.3, 0.4) is 0 Å². The number of hydrogen-bond acceptors (Lipinski definition) is 4. The van der Waals surface area contributed by atoms with Crippen molar-refractivity contribution in [2.75, 3.05) is 27.3 Å². The second kappa shape index (κ2) is 9.40. The van der Waals surface area contributed by atoms with E-state index in [-0.39, 0.29) is 18.0 Å². The number of carbonyl (C=O) groups is 1. The summed E-state index contributed by atoms with van der Waals surface area (Å²) < 4.78 is 10.8. The fourth-order valence-electron chi connectivity index (χ4n) is 4.63. The Balaban J connectivity index is 1.45. The Hall–Kier alpha value is -3.05. The van der Waals surface area contributed by atoms with Gasteiger partial charge in [0, 0.05) is 6.04 Å². The molecule has 0 saturated carbocycles. The van der Waals surface area contributed by atoms with Crippen LogP contribution in [-0.4, -0.2) is 38.1 Å². The molecule has 5 nitrogen and oxygen atoms in total. The summed E-state index contributed by atoms with van der Waals surface area (Å²) in [7, 11) is 3.29. The molecule has 2 unspecified atom stereocenters. The van der Waals surface area contributed by atoms with Crippen molar-refractivity contribution in [1.82, 2.24) is 10.2 Å². The van der Waals surface area contributed by atoms with Crippen molar-refractivity contribution in [1.29, 1.82) is 0 Å². The third-order valence-electron chi connectivity index (χ3n) is 6.17. The molecule has 2 atom stereocenters. The van der Waals surface area contributed by atoms with E-state index in [0.717, 1.165) is 42.0 Å². The van der Waals surface area contributed by atoms with E-state index in [4.69, 9.17) is 9.47 Å². The summed E-state index contributed by atoms with van der Waals surface area (Å²) in [5.74, 6) is 1.49. The average molecular weight is 419 g/mol. The van der Waals surface area contributed by atoms with Crippen molar-refractivity contribution in [3.8, 4) is 11.5 Å². The largest absolute Gasteiger partial charge is 0.493 e. The molecule has 1 heterocycles. The second-order valence-corrected chi connectivity index (χ2v) is 8.10. The number of methoxy groups -OCH3 is 2. The van der Waals surface area contributed by atoms with Crippen LogP contribution in [0, 0.1) is 0 Å². The number of rotatable bonds is 7. The molecule has 0 aliphatic carbocycles. The minimum Gasteiger partial charge on any atom is -0.493 e. The van der Waals surface area contributed by atoms with E-state index in [1.165, 1.54) is 10.8 Å². The van der Waals surface area contributed by atoms with E-state index in [2.05, 4.69) is 47.5 Å². The van der Waals surface area contributed by atoms with Gasteiger partial charge in [-0.25, -0.2) is 0 Å². The normalized spacial score (nSPS) is 17.5. The molecule has 3 aromatic carbocycles. The number of hydrogen-bond donors (Lipinski definition) is 1. The van der Waals surface area contributed by atoms with Gasteiger partial charge >= 0.3 is 0 Å². The van der Waals surface area contributed by atoms with Crippen LogP contribution in [0.4, 0.5) is 0 Å². The molecule has 5 heteroatoms. The zero-order chi connectivity index (χ0) is 21.8. The molecule has 0 bridgehead atoms. The molecule has 1 N–H and O–H groups in total. The van der Waals surface area contributed by atoms with Gasteiger partial charge in [0.15, 0.2) is 11.5 Å². The molecular weight excluding hydrogens is 388 g/mol. The fraction of sp³-hybridized carbons (Fsp3) is 0.346. The Morgan fingerprint density at radius 1 is 1.06 bits per heavy atom. The molecule has 3 aromatic rings. The van der Waals surface area contributed by atoms with Crippen molar-refractivity contribution in [3.05, 3.63) is 71.8 Å². The van der Waals surface area contributed by atoms with Crippen molar-refractivity contribution in [3.63, 3.8) is 0 Å². The fourth-order valence-corrected chi connectivity index (χ4v) is 4.63. The van der Waals surface area contributed by atoms with Crippen LogP contribution < -0.4 is 14.8 Å². The number of fused-ring (bicyclic) bond motifs is 1. The Labute approximate surface area is 184 Å². The van der Waals surface area contributed by atoms with E-state index >= 15 is 0 Å². The maximum Gasteiger partial charge on any atom is 0.234 e. The molecule has 31 heavy (non-hydrogen) atoms. The highest BCUT2D eigenvalue weighted by atomic mass is 16.5. The van der Waals surface area contributed by atoms with Crippen LogP contribution in [0.15, 0.2) is 60.7 Å². The van der Waals surface area contributed by atoms with Crippen molar-refractivity contribution in [2.45, 2.75) is 31.8 Å². The molecule has 1 saturated heterocycles. The van der Waals surface area contributed by atoms with Gasteiger partial charge in [0.25, 0.3) is 0 Å². The molecule has 0 radical (unpaired) electrons. The first-order chi connectivity index (χ1) is 15.1. The van der Waals surface area contributed by atoms with Crippen molar-refractivity contribution < 1.29 is 14.3 Å². The summed E-state index contributed by atoms with van der Waals surface area (Å²) in [4.78, 5) is 15.2. The Morgan fingerprint density at radius 3 is 2.65 bits per heavy atom. The molecule has 162 valence electrons. The minimum atomic E-state index is -0.0549. The number of benzene rings is 3. The van der Waals surface area contributed by atoms with Gasteiger partial charge in [-0.2, -0.15) is 0 Å². The number of carbonyl (C=O) groups excluding carboxylic acids is 1. The van der Waals surface area contributed by atoms with E-state index in [1.54, 1.807) is 14.2 Å². The first-order valence-electron chi connectivity index (χ1n) is 10.8. The number of ether oxygens (including phenoxy) is 2. The maximum atomic E-state index is 12.9. The quantitative estimate of drug-likeness (QED) is 0.595. The smallest absolute Gasteiger partial charge is 0.234 e. The van der Waals surface area contributed by atoms with Crippen molar-refractivity contribution >= 4 is 16.7 Å². The number of nitrogens with one attached hydrogen (secondary N) is 1. The lowest BCUT2D eigenvalue weighted by molar-refractivity contribution is -0.123. The van der Waals surface area contributed by atoms with Crippen LogP contribution in [0.5, 0.6) is 11.5 Å². The first kappa shape index (κ1) is 21.2. The molecule has 0 aromatic heterocycles.